The van der Waals surface area contributed by atoms with Gasteiger partial charge in [-0.05, 0) is 18.8 Å². The summed E-state index contributed by atoms with van der Waals surface area (Å²) in [6, 6.07) is 10.4. The third-order valence-corrected chi connectivity index (χ3v) is 4.30. The molecule has 2 aromatic heterocycles. The third kappa shape index (κ3) is 3.69. The number of aryl methyl sites for hydroxylation is 2. The smallest absolute Gasteiger partial charge is 0.174 e. The van der Waals surface area contributed by atoms with Gasteiger partial charge >= 0.3 is 0 Å². The Labute approximate surface area is 142 Å². The van der Waals surface area contributed by atoms with Crippen LogP contribution in [0.3, 0.4) is 0 Å². The fraction of sp³-hybridized carbons (Fsp3) is 0.444. The highest BCUT2D eigenvalue weighted by molar-refractivity contribution is 5.62. The van der Waals surface area contributed by atoms with Crippen LogP contribution in [0.1, 0.15) is 50.5 Å². The number of rotatable bonds is 8. The first-order chi connectivity index (χ1) is 11.8. The number of hydrogen-bond donors (Lipinski definition) is 1. The van der Waals surface area contributed by atoms with Crippen LogP contribution in [0.4, 0.5) is 0 Å². The van der Waals surface area contributed by atoms with Gasteiger partial charge in [0.25, 0.3) is 0 Å². The van der Waals surface area contributed by atoms with Gasteiger partial charge in [-0.1, -0.05) is 55.8 Å². The van der Waals surface area contributed by atoms with Gasteiger partial charge in [-0.15, -0.1) is 10.2 Å². The maximum Gasteiger partial charge on any atom is 0.174 e. The second-order valence-electron chi connectivity index (χ2n) is 6.16. The van der Waals surface area contributed by atoms with E-state index >= 15 is 0 Å². The second kappa shape index (κ2) is 7.86. The molecule has 2 heterocycles. The van der Waals surface area contributed by atoms with E-state index in [1.54, 1.807) is 0 Å². The van der Waals surface area contributed by atoms with Crippen LogP contribution in [0.2, 0.25) is 0 Å². The van der Waals surface area contributed by atoms with Gasteiger partial charge in [-0.25, -0.2) is 4.98 Å². The highest BCUT2D eigenvalue weighted by Crippen LogP contribution is 2.31. The van der Waals surface area contributed by atoms with Crippen molar-refractivity contribution in [2.75, 3.05) is 0 Å². The van der Waals surface area contributed by atoms with Crippen molar-refractivity contribution < 1.29 is 0 Å². The molecule has 0 bridgehead atoms. The van der Waals surface area contributed by atoms with E-state index in [1.165, 1.54) is 17.7 Å². The Bertz CT molecular complexity index is 732. The van der Waals surface area contributed by atoms with Gasteiger partial charge in [0.15, 0.2) is 5.82 Å². The van der Waals surface area contributed by atoms with Gasteiger partial charge in [0.05, 0.1) is 12.0 Å². The minimum atomic E-state index is 0.484. The van der Waals surface area contributed by atoms with Gasteiger partial charge in [0, 0.05) is 24.2 Å². The molecule has 0 aliphatic carbocycles. The van der Waals surface area contributed by atoms with E-state index in [4.69, 9.17) is 4.98 Å². The van der Waals surface area contributed by atoms with Crippen LogP contribution in [-0.2, 0) is 13.0 Å². The molecule has 126 valence electrons. The molecule has 3 aromatic rings. The Hall–Kier alpha value is -2.50. The lowest BCUT2D eigenvalue weighted by atomic mass is 9.97. The number of tetrazole rings is 1. The number of hydrogen-bond acceptors (Lipinski definition) is 4. The fourth-order valence-corrected chi connectivity index (χ4v) is 3.17. The molecule has 3 rings (SSSR count). The Morgan fingerprint density at radius 3 is 2.75 bits per heavy atom. The monoisotopic (exact) mass is 324 g/mol. The molecule has 6 heteroatoms. The van der Waals surface area contributed by atoms with Crippen molar-refractivity contribution in [1.82, 2.24) is 30.2 Å². The molecule has 0 unspecified atom stereocenters. The largest absolute Gasteiger partial charge is 0.334 e. The summed E-state index contributed by atoms with van der Waals surface area (Å²) in [5.74, 6) is 1.25. The van der Waals surface area contributed by atoms with Crippen molar-refractivity contribution >= 4 is 0 Å². The van der Waals surface area contributed by atoms with Crippen molar-refractivity contribution in [2.45, 2.75) is 52.0 Å². The SMILES string of the molecule is CCC[C@H](C)c1c(-c2ccccc2)ncn1CCCc1nn[nH]n1. The van der Waals surface area contributed by atoms with Crippen LogP contribution < -0.4 is 0 Å². The highest BCUT2D eigenvalue weighted by Gasteiger charge is 2.18. The van der Waals surface area contributed by atoms with E-state index in [0.29, 0.717) is 5.92 Å². The minimum absolute atomic E-state index is 0.484. The summed E-state index contributed by atoms with van der Waals surface area (Å²) in [6.45, 7) is 5.44. The first-order valence-electron chi connectivity index (χ1n) is 8.62. The molecular weight excluding hydrogens is 300 g/mol. The van der Waals surface area contributed by atoms with Gasteiger partial charge in [0.1, 0.15) is 0 Å². The lowest BCUT2D eigenvalue weighted by molar-refractivity contribution is 0.559. The number of benzene rings is 1. The molecule has 0 saturated carbocycles. The Balaban J connectivity index is 1.81. The van der Waals surface area contributed by atoms with Gasteiger partial charge < -0.3 is 4.57 Å². The fourth-order valence-electron chi connectivity index (χ4n) is 3.17. The summed E-state index contributed by atoms with van der Waals surface area (Å²) in [5.41, 5.74) is 3.62. The summed E-state index contributed by atoms with van der Waals surface area (Å²) in [6.07, 6.45) is 6.09. The Morgan fingerprint density at radius 1 is 1.21 bits per heavy atom. The van der Waals surface area contributed by atoms with E-state index in [-0.39, 0.29) is 0 Å². The first-order valence-corrected chi connectivity index (χ1v) is 8.62. The molecule has 0 amide bonds. The molecule has 1 atom stereocenters. The van der Waals surface area contributed by atoms with E-state index in [1.807, 2.05) is 12.4 Å². The van der Waals surface area contributed by atoms with Crippen LogP contribution >= 0.6 is 0 Å². The number of nitrogens with one attached hydrogen (secondary N) is 1. The lowest BCUT2D eigenvalue weighted by Crippen LogP contribution is -2.08. The Morgan fingerprint density at radius 2 is 2.04 bits per heavy atom. The van der Waals surface area contributed by atoms with Crippen LogP contribution in [0.25, 0.3) is 11.3 Å². The van der Waals surface area contributed by atoms with Crippen molar-refractivity contribution in [3.8, 4) is 11.3 Å². The first kappa shape index (κ1) is 16.4. The van der Waals surface area contributed by atoms with E-state index in [0.717, 1.165) is 37.3 Å². The number of imidazole rings is 1. The molecule has 1 aromatic carbocycles. The normalized spacial score (nSPS) is 12.4. The zero-order valence-corrected chi connectivity index (χ0v) is 14.3. The number of aromatic amines is 1. The lowest BCUT2D eigenvalue weighted by Gasteiger charge is -2.16. The molecule has 0 spiro atoms. The number of nitrogens with zero attached hydrogens (tertiary/aromatic N) is 5. The quantitative estimate of drug-likeness (QED) is 0.687. The van der Waals surface area contributed by atoms with E-state index in [2.05, 4.69) is 63.3 Å². The summed E-state index contributed by atoms with van der Waals surface area (Å²) in [5, 5.41) is 14.1. The van der Waals surface area contributed by atoms with Crippen molar-refractivity contribution in [1.29, 1.82) is 0 Å². The summed E-state index contributed by atoms with van der Waals surface area (Å²) < 4.78 is 2.29. The van der Waals surface area contributed by atoms with E-state index < -0.39 is 0 Å². The molecule has 0 fully saturated rings. The van der Waals surface area contributed by atoms with Gasteiger partial charge in [0.2, 0.25) is 0 Å². The topological polar surface area (TPSA) is 72.3 Å². The maximum absolute atomic E-state index is 4.72. The third-order valence-electron chi connectivity index (χ3n) is 4.30. The van der Waals surface area contributed by atoms with Crippen LogP contribution in [0, 0.1) is 0 Å². The second-order valence-corrected chi connectivity index (χ2v) is 6.16. The standard InChI is InChI=1S/C18H24N6/c1-3-8-14(2)18-17(15-9-5-4-6-10-15)19-13-24(18)12-7-11-16-20-22-23-21-16/h4-6,9-10,13-14H,3,7-8,11-12H2,1-2H3,(H,20,21,22,23)/t14-/m0/s1. The molecular formula is C18H24N6. The van der Waals surface area contributed by atoms with Gasteiger partial charge in [-0.2, -0.15) is 5.21 Å². The average molecular weight is 324 g/mol. The van der Waals surface area contributed by atoms with Crippen LogP contribution in [0.15, 0.2) is 36.7 Å². The van der Waals surface area contributed by atoms with Crippen molar-refractivity contribution in [3.63, 3.8) is 0 Å². The number of H-pyrrole nitrogens is 1. The predicted molar refractivity (Wildman–Crippen MR) is 93.5 cm³/mol. The minimum Gasteiger partial charge on any atom is -0.334 e. The Kier molecular flexibility index (Phi) is 5.36. The molecule has 1 N–H and O–H groups in total. The number of aromatic nitrogens is 6. The molecule has 0 aliphatic rings. The summed E-state index contributed by atoms with van der Waals surface area (Å²) in [7, 11) is 0. The van der Waals surface area contributed by atoms with Crippen molar-refractivity contribution in [2.24, 2.45) is 0 Å². The van der Waals surface area contributed by atoms with Crippen LogP contribution in [-0.4, -0.2) is 30.2 Å². The molecule has 0 saturated heterocycles. The van der Waals surface area contributed by atoms with E-state index in [9.17, 15) is 0 Å². The molecule has 6 nitrogen and oxygen atoms in total. The molecule has 0 radical (unpaired) electrons. The van der Waals surface area contributed by atoms with Gasteiger partial charge in [-0.3, -0.25) is 0 Å². The van der Waals surface area contributed by atoms with Crippen molar-refractivity contribution in [3.05, 3.63) is 48.2 Å². The summed E-state index contributed by atoms with van der Waals surface area (Å²) in [4.78, 5) is 4.72. The highest BCUT2D eigenvalue weighted by atomic mass is 15.5. The van der Waals surface area contributed by atoms with Crippen LogP contribution in [0.5, 0.6) is 0 Å². The zero-order valence-electron chi connectivity index (χ0n) is 14.3. The molecule has 24 heavy (non-hydrogen) atoms. The predicted octanol–water partition coefficient (Wildman–Crippen LogP) is 3.60. The average Bonchev–Trinajstić information content (AvgIpc) is 3.26. The zero-order chi connectivity index (χ0) is 16.8. The summed E-state index contributed by atoms with van der Waals surface area (Å²) >= 11 is 0. The molecule has 0 aliphatic heterocycles. The maximum atomic E-state index is 4.72.